The van der Waals surface area contributed by atoms with E-state index in [0.29, 0.717) is 30.9 Å². The van der Waals surface area contributed by atoms with E-state index in [1.807, 2.05) is 0 Å². The van der Waals surface area contributed by atoms with Gasteiger partial charge in [-0.2, -0.15) is 4.72 Å². The number of hydrogen-bond donors (Lipinski definition) is 3. The van der Waals surface area contributed by atoms with Gasteiger partial charge in [0.1, 0.15) is 0 Å². The molecule has 2 aliphatic heterocycles. The molecule has 0 aliphatic carbocycles. The number of sulfonamides is 1. The SMILES string of the molecule is CC(=O)Nc1ccc(S(=O)(=O)N[C@@H](C)C(=O)N2CC3CCCC(C2)N3)cc1.Cl. The molecule has 2 amide bonds. The molecule has 2 heterocycles. The van der Waals surface area contributed by atoms with Crippen LogP contribution in [0.2, 0.25) is 0 Å². The quantitative estimate of drug-likeness (QED) is 0.648. The lowest BCUT2D eigenvalue weighted by Gasteiger charge is -2.43. The van der Waals surface area contributed by atoms with Crippen LogP contribution in [0.3, 0.4) is 0 Å². The topological polar surface area (TPSA) is 108 Å². The fourth-order valence-corrected chi connectivity index (χ4v) is 4.93. The van der Waals surface area contributed by atoms with Gasteiger partial charge in [0.25, 0.3) is 0 Å². The zero-order valence-corrected chi connectivity index (χ0v) is 17.6. The molecule has 1 aromatic rings. The van der Waals surface area contributed by atoms with E-state index >= 15 is 0 Å². The number of benzene rings is 1. The number of likely N-dealkylation sites (tertiary alicyclic amines) is 1. The molecule has 0 radical (unpaired) electrons. The fourth-order valence-electron chi connectivity index (χ4n) is 3.73. The lowest BCUT2D eigenvalue weighted by molar-refractivity contribution is -0.135. The third kappa shape index (κ3) is 5.44. The van der Waals surface area contributed by atoms with Gasteiger partial charge in [0.2, 0.25) is 21.8 Å². The molecular formula is C18H27ClN4O4S. The highest BCUT2D eigenvalue weighted by Crippen LogP contribution is 2.20. The van der Waals surface area contributed by atoms with Crippen molar-refractivity contribution in [3.05, 3.63) is 24.3 Å². The van der Waals surface area contributed by atoms with E-state index in [-0.39, 0.29) is 29.1 Å². The zero-order chi connectivity index (χ0) is 19.6. The summed E-state index contributed by atoms with van der Waals surface area (Å²) >= 11 is 0. The molecule has 0 spiro atoms. The van der Waals surface area contributed by atoms with E-state index in [1.54, 1.807) is 11.8 Å². The number of carbonyl (C=O) groups excluding carboxylic acids is 2. The normalized spacial score (nSPS) is 22.7. The second-order valence-electron chi connectivity index (χ2n) is 7.28. The summed E-state index contributed by atoms with van der Waals surface area (Å²) in [6.07, 6.45) is 3.25. The number of piperazine rings is 1. The van der Waals surface area contributed by atoms with Gasteiger partial charge in [-0.1, -0.05) is 6.42 Å². The van der Waals surface area contributed by atoms with E-state index in [4.69, 9.17) is 0 Å². The highest BCUT2D eigenvalue weighted by atomic mass is 35.5. The Morgan fingerprint density at radius 3 is 2.25 bits per heavy atom. The monoisotopic (exact) mass is 430 g/mol. The number of piperidine rings is 1. The molecule has 2 bridgehead atoms. The summed E-state index contributed by atoms with van der Waals surface area (Å²) in [7, 11) is -3.83. The number of amides is 2. The van der Waals surface area contributed by atoms with Crippen LogP contribution in [0.1, 0.15) is 33.1 Å². The molecule has 3 rings (SSSR count). The number of fused-ring (bicyclic) bond motifs is 2. The number of rotatable bonds is 5. The lowest BCUT2D eigenvalue weighted by Crippen LogP contribution is -2.62. The van der Waals surface area contributed by atoms with Gasteiger partial charge in [0.05, 0.1) is 10.9 Å². The molecule has 1 aromatic carbocycles. The Kier molecular flexibility index (Phi) is 7.44. The van der Waals surface area contributed by atoms with Crippen LogP contribution in [0.25, 0.3) is 0 Å². The van der Waals surface area contributed by atoms with Gasteiger partial charge in [0.15, 0.2) is 0 Å². The van der Waals surface area contributed by atoms with Gasteiger partial charge in [-0.25, -0.2) is 8.42 Å². The van der Waals surface area contributed by atoms with E-state index in [9.17, 15) is 18.0 Å². The number of nitrogens with zero attached hydrogens (tertiary/aromatic N) is 1. The van der Waals surface area contributed by atoms with Crippen molar-refractivity contribution in [2.24, 2.45) is 0 Å². The summed E-state index contributed by atoms with van der Waals surface area (Å²) in [5.74, 6) is -0.435. The number of halogens is 1. The molecule has 2 fully saturated rings. The predicted molar refractivity (Wildman–Crippen MR) is 109 cm³/mol. The first-order chi connectivity index (χ1) is 12.7. The zero-order valence-electron chi connectivity index (χ0n) is 16.0. The summed E-state index contributed by atoms with van der Waals surface area (Å²) in [6, 6.07) is 5.59. The Balaban J connectivity index is 0.00000280. The van der Waals surface area contributed by atoms with E-state index in [2.05, 4.69) is 15.4 Å². The van der Waals surface area contributed by atoms with Crippen molar-refractivity contribution in [2.45, 2.75) is 56.1 Å². The molecule has 28 heavy (non-hydrogen) atoms. The van der Waals surface area contributed by atoms with E-state index in [0.717, 1.165) is 12.8 Å². The van der Waals surface area contributed by atoms with Gasteiger partial charge in [-0.3, -0.25) is 9.59 Å². The minimum Gasteiger partial charge on any atom is -0.338 e. The predicted octanol–water partition coefficient (Wildman–Crippen LogP) is 1.09. The number of carbonyl (C=O) groups is 2. The van der Waals surface area contributed by atoms with Crippen molar-refractivity contribution in [1.82, 2.24) is 14.9 Å². The Hall–Kier alpha value is -1.68. The van der Waals surface area contributed by atoms with Crippen molar-refractivity contribution in [3.63, 3.8) is 0 Å². The molecule has 10 heteroatoms. The Labute approximate surface area is 171 Å². The molecular weight excluding hydrogens is 404 g/mol. The van der Waals surface area contributed by atoms with E-state index < -0.39 is 16.1 Å². The van der Waals surface area contributed by atoms with Crippen LogP contribution in [0.15, 0.2) is 29.2 Å². The fraction of sp³-hybridized carbons (Fsp3) is 0.556. The summed E-state index contributed by atoms with van der Waals surface area (Å²) in [5.41, 5.74) is 0.512. The van der Waals surface area contributed by atoms with Gasteiger partial charge in [-0.05, 0) is 44.0 Å². The molecule has 3 atom stereocenters. The average molecular weight is 431 g/mol. The maximum atomic E-state index is 12.7. The summed E-state index contributed by atoms with van der Waals surface area (Å²) in [4.78, 5) is 25.6. The minimum absolute atomic E-state index is 0. The molecule has 2 unspecified atom stereocenters. The van der Waals surface area contributed by atoms with Gasteiger partial charge >= 0.3 is 0 Å². The average Bonchev–Trinajstić information content (AvgIpc) is 2.60. The highest BCUT2D eigenvalue weighted by Gasteiger charge is 2.34. The van der Waals surface area contributed by atoms with Crippen molar-refractivity contribution < 1.29 is 18.0 Å². The van der Waals surface area contributed by atoms with Gasteiger partial charge in [0, 0.05) is 37.8 Å². The molecule has 0 saturated carbocycles. The molecule has 3 N–H and O–H groups in total. The van der Waals surface area contributed by atoms with Crippen LogP contribution in [0.5, 0.6) is 0 Å². The van der Waals surface area contributed by atoms with Crippen molar-refractivity contribution >= 4 is 39.9 Å². The summed E-state index contributed by atoms with van der Waals surface area (Å²) in [6.45, 7) is 4.19. The minimum atomic E-state index is -3.83. The van der Waals surface area contributed by atoms with Crippen LogP contribution >= 0.6 is 12.4 Å². The molecule has 2 aliphatic rings. The second kappa shape index (κ2) is 9.21. The summed E-state index contributed by atoms with van der Waals surface area (Å²) in [5, 5.41) is 6.09. The molecule has 2 saturated heterocycles. The third-order valence-electron chi connectivity index (χ3n) is 4.96. The molecule has 8 nitrogen and oxygen atoms in total. The largest absolute Gasteiger partial charge is 0.338 e. The third-order valence-corrected chi connectivity index (χ3v) is 6.51. The first-order valence-electron chi connectivity index (χ1n) is 9.19. The van der Waals surface area contributed by atoms with Crippen molar-refractivity contribution in [2.75, 3.05) is 18.4 Å². The maximum absolute atomic E-state index is 12.7. The molecule has 156 valence electrons. The van der Waals surface area contributed by atoms with Crippen LogP contribution in [0, 0.1) is 0 Å². The van der Waals surface area contributed by atoms with Gasteiger partial charge in [-0.15, -0.1) is 12.4 Å². The van der Waals surface area contributed by atoms with Crippen LogP contribution < -0.4 is 15.4 Å². The summed E-state index contributed by atoms with van der Waals surface area (Å²) < 4.78 is 27.6. The second-order valence-corrected chi connectivity index (χ2v) is 9.00. The molecule has 0 aromatic heterocycles. The van der Waals surface area contributed by atoms with Crippen LogP contribution in [0.4, 0.5) is 5.69 Å². The Morgan fingerprint density at radius 2 is 1.71 bits per heavy atom. The lowest BCUT2D eigenvalue weighted by atomic mass is 9.94. The van der Waals surface area contributed by atoms with Crippen LogP contribution in [-0.4, -0.2) is 56.3 Å². The van der Waals surface area contributed by atoms with Crippen LogP contribution in [-0.2, 0) is 19.6 Å². The van der Waals surface area contributed by atoms with E-state index in [1.165, 1.54) is 37.6 Å². The first-order valence-corrected chi connectivity index (χ1v) is 10.7. The van der Waals surface area contributed by atoms with Gasteiger partial charge < -0.3 is 15.5 Å². The smallest absolute Gasteiger partial charge is 0.241 e. The Bertz CT molecular complexity index is 803. The Morgan fingerprint density at radius 1 is 1.14 bits per heavy atom. The maximum Gasteiger partial charge on any atom is 0.241 e. The van der Waals surface area contributed by atoms with Crippen molar-refractivity contribution in [1.29, 1.82) is 0 Å². The number of hydrogen-bond acceptors (Lipinski definition) is 5. The number of nitrogens with one attached hydrogen (secondary N) is 3. The highest BCUT2D eigenvalue weighted by molar-refractivity contribution is 7.89. The first kappa shape index (κ1) is 22.6. The standard InChI is InChI=1S/C18H26N4O4S.ClH/c1-12(18(24)22-10-15-4-3-5-16(11-22)20-15)21-27(25,26)17-8-6-14(7-9-17)19-13(2)23;/h6-9,12,15-16,20-21H,3-5,10-11H2,1-2H3,(H,19,23);1H/t12-,15?,16?;/m0./s1. The van der Waals surface area contributed by atoms with Crippen molar-refractivity contribution in [3.8, 4) is 0 Å². The number of anilines is 1.